The first-order valence-corrected chi connectivity index (χ1v) is 8.15. The van der Waals surface area contributed by atoms with Gasteiger partial charge in [0.2, 0.25) is 5.91 Å². The molecule has 1 aromatic heterocycles. The summed E-state index contributed by atoms with van der Waals surface area (Å²) in [5.74, 6) is 0.114. The molecule has 1 amide bonds. The monoisotopic (exact) mass is 295 g/mol. The molecule has 0 spiro atoms. The number of aryl methyl sites for hydroxylation is 1. The second-order valence-corrected chi connectivity index (χ2v) is 6.94. The number of hydrogen-bond acceptors (Lipinski definition) is 4. The Labute approximate surface area is 125 Å². The summed E-state index contributed by atoms with van der Waals surface area (Å²) < 4.78 is 0. The lowest BCUT2D eigenvalue weighted by Crippen LogP contribution is -2.53. The molecule has 3 N–H and O–H groups in total. The van der Waals surface area contributed by atoms with Gasteiger partial charge in [0.25, 0.3) is 0 Å². The van der Waals surface area contributed by atoms with Gasteiger partial charge in [0.15, 0.2) is 0 Å². The predicted octanol–water partition coefficient (Wildman–Crippen LogP) is 2.05. The van der Waals surface area contributed by atoms with Crippen LogP contribution in [0.3, 0.4) is 0 Å². The SMILES string of the molecule is CNC(=O)C1CCCCN1C(c1ccc(C)s1)C(C)N. The van der Waals surface area contributed by atoms with Crippen LogP contribution < -0.4 is 11.1 Å². The van der Waals surface area contributed by atoms with E-state index in [4.69, 9.17) is 5.73 Å². The van der Waals surface area contributed by atoms with Crippen LogP contribution in [0.5, 0.6) is 0 Å². The van der Waals surface area contributed by atoms with Crippen LogP contribution in [-0.4, -0.2) is 36.5 Å². The number of nitrogens with zero attached hydrogens (tertiary/aromatic N) is 1. The van der Waals surface area contributed by atoms with E-state index in [9.17, 15) is 4.79 Å². The number of carbonyl (C=O) groups excluding carboxylic acids is 1. The van der Waals surface area contributed by atoms with Crippen LogP contribution in [0.1, 0.15) is 42.0 Å². The minimum absolute atomic E-state index is 0.0123. The number of nitrogens with one attached hydrogen (secondary N) is 1. The lowest BCUT2D eigenvalue weighted by atomic mass is 9.96. The van der Waals surface area contributed by atoms with Crippen molar-refractivity contribution in [2.75, 3.05) is 13.6 Å². The molecule has 20 heavy (non-hydrogen) atoms. The fraction of sp³-hybridized carbons (Fsp3) is 0.667. The van der Waals surface area contributed by atoms with E-state index in [0.29, 0.717) is 0 Å². The third kappa shape index (κ3) is 3.22. The molecule has 1 aliphatic heterocycles. The molecule has 0 saturated carbocycles. The number of hydrogen-bond donors (Lipinski definition) is 2. The first-order valence-electron chi connectivity index (χ1n) is 7.34. The Morgan fingerprint density at radius 1 is 1.50 bits per heavy atom. The van der Waals surface area contributed by atoms with Crippen molar-refractivity contribution in [3.05, 3.63) is 21.9 Å². The molecule has 112 valence electrons. The third-order valence-corrected chi connectivity index (χ3v) is 5.07. The molecule has 0 aliphatic carbocycles. The maximum Gasteiger partial charge on any atom is 0.237 e. The molecule has 1 fully saturated rings. The minimum atomic E-state index is -0.0489. The van der Waals surface area contributed by atoms with Crippen LogP contribution in [0.2, 0.25) is 0 Å². The number of thiophene rings is 1. The summed E-state index contributed by atoms with van der Waals surface area (Å²) in [7, 11) is 1.71. The zero-order valence-electron chi connectivity index (χ0n) is 12.6. The summed E-state index contributed by atoms with van der Waals surface area (Å²) in [6.45, 7) is 5.09. The molecule has 2 rings (SSSR count). The Balaban J connectivity index is 2.28. The molecule has 3 unspecified atom stereocenters. The number of amides is 1. The maximum absolute atomic E-state index is 12.2. The lowest BCUT2D eigenvalue weighted by Gasteiger charge is -2.41. The highest BCUT2D eigenvalue weighted by Crippen LogP contribution is 2.34. The highest BCUT2D eigenvalue weighted by atomic mass is 32.1. The van der Waals surface area contributed by atoms with Gasteiger partial charge >= 0.3 is 0 Å². The van der Waals surface area contributed by atoms with Crippen molar-refractivity contribution in [2.24, 2.45) is 5.73 Å². The molecule has 5 heteroatoms. The smallest absolute Gasteiger partial charge is 0.237 e. The van der Waals surface area contributed by atoms with Crippen molar-refractivity contribution in [2.45, 2.75) is 51.2 Å². The molecular formula is C15H25N3OS. The second-order valence-electron chi connectivity index (χ2n) is 5.62. The standard InChI is InChI=1S/C15H25N3OS/c1-10-7-8-13(20-10)14(11(2)16)18-9-5-4-6-12(18)15(19)17-3/h7-8,11-12,14H,4-6,9,16H2,1-3H3,(H,17,19). The van der Waals surface area contributed by atoms with Crippen molar-refractivity contribution in [3.8, 4) is 0 Å². The highest BCUT2D eigenvalue weighted by molar-refractivity contribution is 7.12. The molecular weight excluding hydrogens is 270 g/mol. The predicted molar refractivity (Wildman–Crippen MR) is 83.9 cm³/mol. The second kappa shape index (κ2) is 6.70. The number of likely N-dealkylation sites (tertiary alicyclic amines) is 1. The number of carbonyl (C=O) groups is 1. The molecule has 4 nitrogen and oxygen atoms in total. The van der Waals surface area contributed by atoms with Crippen LogP contribution in [0.15, 0.2) is 12.1 Å². The van der Waals surface area contributed by atoms with Crippen LogP contribution in [-0.2, 0) is 4.79 Å². The average molecular weight is 295 g/mol. The van der Waals surface area contributed by atoms with Gasteiger partial charge in [0.1, 0.15) is 0 Å². The van der Waals surface area contributed by atoms with Crippen LogP contribution in [0, 0.1) is 6.92 Å². The summed E-state index contributed by atoms with van der Waals surface area (Å²) in [4.78, 5) is 17.0. The van der Waals surface area contributed by atoms with Gasteiger partial charge in [-0.2, -0.15) is 0 Å². The zero-order chi connectivity index (χ0) is 14.7. The van der Waals surface area contributed by atoms with Gasteiger partial charge in [-0.15, -0.1) is 11.3 Å². The Hall–Kier alpha value is -0.910. The van der Waals surface area contributed by atoms with E-state index in [1.165, 1.54) is 9.75 Å². The topological polar surface area (TPSA) is 58.4 Å². The molecule has 3 atom stereocenters. The summed E-state index contributed by atoms with van der Waals surface area (Å²) in [5.41, 5.74) is 6.25. The first kappa shape index (κ1) is 15.5. The highest BCUT2D eigenvalue weighted by Gasteiger charge is 2.35. The maximum atomic E-state index is 12.2. The lowest BCUT2D eigenvalue weighted by molar-refractivity contribution is -0.128. The van der Waals surface area contributed by atoms with Crippen LogP contribution in [0.25, 0.3) is 0 Å². The van der Waals surface area contributed by atoms with Gasteiger partial charge in [0.05, 0.1) is 12.1 Å². The molecule has 2 heterocycles. The van der Waals surface area contributed by atoms with E-state index in [-0.39, 0.29) is 24.0 Å². The van der Waals surface area contributed by atoms with Crippen LogP contribution >= 0.6 is 11.3 Å². The number of nitrogens with two attached hydrogens (primary N) is 1. The number of piperidine rings is 1. The van der Waals surface area contributed by atoms with Crippen molar-refractivity contribution < 1.29 is 4.79 Å². The van der Waals surface area contributed by atoms with Crippen molar-refractivity contribution in [1.82, 2.24) is 10.2 Å². The Kier molecular flexibility index (Phi) is 5.18. The van der Waals surface area contributed by atoms with Gasteiger partial charge in [0, 0.05) is 22.8 Å². The Morgan fingerprint density at radius 2 is 2.25 bits per heavy atom. The fourth-order valence-electron chi connectivity index (χ4n) is 3.07. The van der Waals surface area contributed by atoms with Crippen molar-refractivity contribution >= 4 is 17.2 Å². The van der Waals surface area contributed by atoms with Gasteiger partial charge in [-0.25, -0.2) is 0 Å². The van der Waals surface area contributed by atoms with E-state index in [1.807, 2.05) is 6.92 Å². The molecule has 0 radical (unpaired) electrons. The summed E-state index contributed by atoms with van der Waals surface area (Å²) in [6, 6.07) is 4.39. The fourth-order valence-corrected chi connectivity index (χ4v) is 4.19. The quantitative estimate of drug-likeness (QED) is 0.894. The van der Waals surface area contributed by atoms with E-state index in [0.717, 1.165) is 25.8 Å². The normalized spacial score (nSPS) is 23.3. The van der Waals surface area contributed by atoms with Gasteiger partial charge in [-0.05, 0) is 45.4 Å². The van der Waals surface area contributed by atoms with Gasteiger partial charge in [-0.3, -0.25) is 9.69 Å². The van der Waals surface area contributed by atoms with E-state index < -0.39 is 0 Å². The van der Waals surface area contributed by atoms with Crippen LogP contribution in [0.4, 0.5) is 0 Å². The summed E-state index contributed by atoms with van der Waals surface area (Å²) >= 11 is 1.79. The number of rotatable bonds is 4. The molecule has 0 bridgehead atoms. The van der Waals surface area contributed by atoms with E-state index >= 15 is 0 Å². The van der Waals surface area contributed by atoms with Crippen molar-refractivity contribution in [3.63, 3.8) is 0 Å². The molecule has 1 saturated heterocycles. The minimum Gasteiger partial charge on any atom is -0.358 e. The summed E-state index contributed by atoms with van der Waals surface area (Å²) in [6.07, 6.45) is 3.18. The van der Waals surface area contributed by atoms with Crippen molar-refractivity contribution in [1.29, 1.82) is 0 Å². The first-order chi connectivity index (χ1) is 9.54. The van der Waals surface area contributed by atoms with Gasteiger partial charge in [-0.1, -0.05) is 6.42 Å². The molecule has 0 aromatic carbocycles. The Bertz CT molecular complexity index is 458. The van der Waals surface area contributed by atoms with Gasteiger partial charge < -0.3 is 11.1 Å². The van der Waals surface area contributed by atoms with E-state index in [2.05, 4.69) is 29.3 Å². The zero-order valence-corrected chi connectivity index (χ0v) is 13.4. The molecule has 1 aliphatic rings. The average Bonchev–Trinajstić information content (AvgIpc) is 2.84. The summed E-state index contributed by atoms with van der Waals surface area (Å²) in [5, 5.41) is 2.80. The number of likely N-dealkylation sites (N-methyl/N-ethyl adjacent to an activating group) is 1. The molecule has 1 aromatic rings. The third-order valence-electron chi connectivity index (χ3n) is 4.00. The Morgan fingerprint density at radius 3 is 2.80 bits per heavy atom. The van der Waals surface area contributed by atoms with E-state index in [1.54, 1.807) is 18.4 Å². The largest absolute Gasteiger partial charge is 0.358 e.